The molecule has 1 saturated heterocycles. The maximum atomic E-state index is 11.3. The van der Waals surface area contributed by atoms with E-state index in [1.807, 2.05) is 6.07 Å². The van der Waals surface area contributed by atoms with Crippen molar-refractivity contribution in [2.45, 2.75) is 129 Å². The average molecular weight is 580 g/mol. The van der Waals surface area contributed by atoms with Crippen LogP contribution in [0, 0.1) is 0 Å². The standard InChI is InChI=1S/C36H57N3O3/c1-2-3-4-5-6-7-8-9-10-11-12-13-14-18-28-42-34-24-22-32(23-25-34)35(39-26-16-15-17-27-39)38-37-30-31-20-19-21-33(29-31)36(40)41/h19-25,29,35,37-38H,2-18,26-28,30H2,1H3,(H,40,41). The van der Waals surface area contributed by atoms with Crippen LogP contribution in [-0.2, 0) is 6.54 Å². The van der Waals surface area contributed by atoms with Gasteiger partial charge in [0.05, 0.1) is 18.3 Å². The first-order valence-electron chi connectivity index (χ1n) is 16.9. The summed E-state index contributed by atoms with van der Waals surface area (Å²) in [5.74, 6) is 0.0342. The molecule has 0 radical (unpaired) electrons. The van der Waals surface area contributed by atoms with E-state index in [4.69, 9.17) is 4.74 Å². The number of carboxylic acids is 1. The van der Waals surface area contributed by atoms with E-state index >= 15 is 0 Å². The Morgan fingerprint density at radius 2 is 1.40 bits per heavy atom. The molecule has 1 atom stereocenters. The lowest BCUT2D eigenvalue weighted by Crippen LogP contribution is -2.46. The summed E-state index contributed by atoms with van der Waals surface area (Å²) in [6.07, 6.45) is 22.9. The van der Waals surface area contributed by atoms with Gasteiger partial charge in [-0.05, 0) is 67.7 Å². The molecule has 1 aliphatic heterocycles. The van der Waals surface area contributed by atoms with E-state index in [2.05, 4.69) is 46.9 Å². The molecule has 2 aromatic carbocycles. The Morgan fingerprint density at radius 3 is 2.00 bits per heavy atom. The highest BCUT2D eigenvalue weighted by Gasteiger charge is 2.22. The van der Waals surface area contributed by atoms with Crippen molar-refractivity contribution in [3.8, 4) is 5.75 Å². The number of hydrogen-bond acceptors (Lipinski definition) is 5. The smallest absolute Gasteiger partial charge is 0.335 e. The normalized spacial score (nSPS) is 14.6. The number of aromatic carboxylic acids is 1. The predicted molar refractivity (Wildman–Crippen MR) is 174 cm³/mol. The zero-order valence-corrected chi connectivity index (χ0v) is 26.3. The van der Waals surface area contributed by atoms with Crippen LogP contribution in [0.4, 0.5) is 0 Å². The fourth-order valence-corrected chi connectivity index (χ4v) is 5.86. The molecule has 234 valence electrons. The van der Waals surface area contributed by atoms with Crippen LogP contribution in [0.3, 0.4) is 0 Å². The number of rotatable bonds is 23. The van der Waals surface area contributed by atoms with Gasteiger partial charge in [0.15, 0.2) is 0 Å². The van der Waals surface area contributed by atoms with Gasteiger partial charge in [0.25, 0.3) is 0 Å². The molecular weight excluding hydrogens is 522 g/mol. The van der Waals surface area contributed by atoms with E-state index in [1.165, 1.54) is 108 Å². The molecule has 1 fully saturated rings. The van der Waals surface area contributed by atoms with Crippen LogP contribution in [0.5, 0.6) is 5.75 Å². The Morgan fingerprint density at radius 1 is 0.810 bits per heavy atom. The fourth-order valence-electron chi connectivity index (χ4n) is 5.86. The van der Waals surface area contributed by atoms with Crippen LogP contribution in [0.25, 0.3) is 0 Å². The van der Waals surface area contributed by atoms with Gasteiger partial charge in [-0.25, -0.2) is 10.2 Å². The van der Waals surface area contributed by atoms with Crippen molar-refractivity contribution in [1.29, 1.82) is 0 Å². The summed E-state index contributed by atoms with van der Waals surface area (Å²) in [5, 5.41) is 9.28. The first kappa shape index (κ1) is 34.1. The summed E-state index contributed by atoms with van der Waals surface area (Å²) in [5.41, 5.74) is 9.31. The van der Waals surface area contributed by atoms with E-state index in [0.717, 1.165) is 37.4 Å². The third-order valence-corrected chi connectivity index (χ3v) is 8.42. The van der Waals surface area contributed by atoms with Gasteiger partial charge in [-0.3, -0.25) is 10.3 Å². The van der Waals surface area contributed by atoms with Gasteiger partial charge in [0, 0.05) is 6.54 Å². The molecule has 0 amide bonds. The fraction of sp³-hybridized carbons (Fsp3) is 0.639. The molecule has 6 heteroatoms. The largest absolute Gasteiger partial charge is 0.494 e. The monoisotopic (exact) mass is 579 g/mol. The van der Waals surface area contributed by atoms with E-state index in [-0.39, 0.29) is 6.17 Å². The lowest BCUT2D eigenvalue weighted by atomic mass is 10.0. The summed E-state index contributed by atoms with van der Waals surface area (Å²) in [7, 11) is 0. The number of carbonyl (C=O) groups is 1. The molecule has 0 bridgehead atoms. The molecule has 3 rings (SSSR count). The van der Waals surface area contributed by atoms with E-state index in [1.54, 1.807) is 18.2 Å². The molecule has 3 N–H and O–H groups in total. The number of likely N-dealkylation sites (tertiary alicyclic amines) is 1. The highest BCUT2D eigenvalue weighted by Crippen LogP contribution is 2.24. The molecule has 42 heavy (non-hydrogen) atoms. The summed E-state index contributed by atoms with van der Waals surface area (Å²) in [6.45, 7) is 5.73. The third-order valence-electron chi connectivity index (χ3n) is 8.42. The van der Waals surface area contributed by atoms with Gasteiger partial charge in [0.1, 0.15) is 5.75 Å². The third kappa shape index (κ3) is 13.7. The van der Waals surface area contributed by atoms with Crippen molar-refractivity contribution in [2.24, 2.45) is 0 Å². The molecule has 0 aromatic heterocycles. The second-order valence-corrected chi connectivity index (χ2v) is 12.0. The van der Waals surface area contributed by atoms with Gasteiger partial charge in [-0.1, -0.05) is 121 Å². The average Bonchev–Trinajstić information content (AvgIpc) is 3.02. The minimum Gasteiger partial charge on any atom is -0.494 e. The molecule has 2 aromatic rings. The Hall–Kier alpha value is -2.41. The number of nitrogens with zero attached hydrogens (tertiary/aromatic N) is 1. The Labute approximate surface area is 255 Å². The van der Waals surface area contributed by atoms with Crippen molar-refractivity contribution >= 4 is 5.97 Å². The summed E-state index contributed by atoms with van der Waals surface area (Å²) >= 11 is 0. The topological polar surface area (TPSA) is 73.8 Å². The second-order valence-electron chi connectivity index (χ2n) is 12.0. The number of piperidine rings is 1. The van der Waals surface area contributed by atoms with Gasteiger partial charge in [-0.2, -0.15) is 0 Å². The summed E-state index contributed by atoms with van der Waals surface area (Å²) in [6, 6.07) is 15.6. The predicted octanol–water partition coefficient (Wildman–Crippen LogP) is 9.02. The van der Waals surface area contributed by atoms with Crippen LogP contribution >= 0.6 is 0 Å². The lowest BCUT2D eigenvalue weighted by molar-refractivity contribution is 0.0696. The minimum atomic E-state index is -0.900. The van der Waals surface area contributed by atoms with Crippen molar-refractivity contribution in [1.82, 2.24) is 15.8 Å². The van der Waals surface area contributed by atoms with E-state index in [9.17, 15) is 9.90 Å². The van der Waals surface area contributed by atoms with Crippen LogP contribution in [0.2, 0.25) is 0 Å². The molecule has 0 spiro atoms. The number of hydrogen-bond donors (Lipinski definition) is 3. The van der Waals surface area contributed by atoms with Crippen LogP contribution < -0.4 is 15.6 Å². The molecule has 0 aliphatic carbocycles. The van der Waals surface area contributed by atoms with Crippen LogP contribution in [0.1, 0.15) is 144 Å². The number of ether oxygens (including phenoxy) is 1. The lowest BCUT2D eigenvalue weighted by Gasteiger charge is -2.35. The maximum absolute atomic E-state index is 11.3. The molecule has 1 unspecified atom stereocenters. The molecule has 1 heterocycles. The molecule has 6 nitrogen and oxygen atoms in total. The van der Waals surface area contributed by atoms with Gasteiger partial charge in [-0.15, -0.1) is 0 Å². The number of unbranched alkanes of at least 4 members (excludes halogenated alkanes) is 13. The first-order chi connectivity index (χ1) is 20.7. The van der Waals surface area contributed by atoms with Crippen molar-refractivity contribution < 1.29 is 14.6 Å². The molecule has 0 saturated carbocycles. The van der Waals surface area contributed by atoms with Crippen molar-refractivity contribution in [3.05, 3.63) is 65.2 Å². The van der Waals surface area contributed by atoms with Crippen LogP contribution in [0.15, 0.2) is 48.5 Å². The summed E-state index contributed by atoms with van der Waals surface area (Å²) < 4.78 is 6.07. The van der Waals surface area contributed by atoms with Gasteiger partial charge in [0.2, 0.25) is 0 Å². The van der Waals surface area contributed by atoms with E-state index < -0.39 is 5.97 Å². The summed E-state index contributed by atoms with van der Waals surface area (Å²) in [4.78, 5) is 13.8. The molecule has 1 aliphatic rings. The number of benzene rings is 2. The van der Waals surface area contributed by atoms with E-state index in [0.29, 0.717) is 12.1 Å². The quantitative estimate of drug-likeness (QED) is 0.0901. The maximum Gasteiger partial charge on any atom is 0.335 e. The number of nitrogens with one attached hydrogen (secondary N) is 2. The Balaban J connectivity index is 1.31. The minimum absolute atomic E-state index is 0.0489. The Kier molecular flexibility index (Phi) is 17.3. The zero-order valence-electron chi connectivity index (χ0n) is 26.3. The van der Waals surface area contributed by atoms with Crippen LogP contribution in [-0.4, -0.2) is 35.7 Å². The highest BCUT2D eigenvalue weighted by atomic mass is 16.5. The van der Waals surface area contributed by atoms with Crippen molar-refractivity contribution in [2.75, 3.05) is 19.7 Å². The molecular formula is C36H57N3O3. The van der Waals surface area contributed by atoms with Crippen molar-refractivity contribution in [3.63, 3.8) is 0 Å². The number of carboxylic acid groups (broad SMARTS) is 1. The SMILES string of the molecule is CCCCCCCCCCCCCCCCOc1ccc(C(NNCc2cccc(C(=O)O)c2)N2CCCCC2)cc1. The Bertz CT molecular complexity index is 975. The highest BCUT2D eigenvalue weighted by molar-refractivity contribution is 5.87. The number of hydrazine groups is 1. The second kappa shape index (κ2) is 21.3. The van der Waals surface area contributed by atoms with Gasteiger partial charge >= 0.3 is 5.97 Å². The zero-order chi connectivity index (χ0) is 29.7. The first-order valence-corrected chi connectivity index (χ1v) is 16.9. The van der Waals surface area contributed by atoms with Gasteiger partial charge < -0.3 is 9.84 Å².